The van der Waals surface area contributed by atoms with E-state index in [1.807, 2.05) is 6.92 Å². The largest absolute Gasteiger partial charge is 0.507 e. The van der Waals surface area contributed by atoms with E-state index in [1.165, 1.54) is 23.1 Å². The first-order valence-electron chi connectivity index (χ1n) is 10.6. The van der Waals surface area contributed by atoms with Gasteiger partial charge in [0.25, 0.3) is 5.78 Å². The Morgan fingerprint density at radius 3 is 2.65 bits per heavy atom. The van der Waals surface area contributed by atoms with Gasteiger partial charge >= 0.3 is 5.91 Å². The van der Waals surface area contributed by atoms with Crippen molar-refractivity contribution in [2.75, 3.05) is 11.5 Å². The van der Waals surface area contributed by atoms with Crippen molar-refractivity contribution < 1.29 is 23.8 Å². The Kier molecular flexibility index (Phi) is 5.59. The molecule has 0 radical (unpaired) electrons. The molecule has 1 amide bonds. The number of aromatic nitrogens is 1. The molecule has 0 spiro atoms. The average Bonchev–Trinajstić information content (AvgIpc) is 3.37. The number of aliphatic hydroxyl groups is 1. The van der Waals surface area contributed by atoms with Crippen LogP contribution in [0, 0.1) is 5.82 Å². The third kappa shape index (κ3) is 3.72. The fourth-order valence-electron chi connectivity index (χ4n) is 4.03. The minimum Gasteiger partial charge on any atom is -0.507 e. The van der Waals surface area contributed by atoms with Gasteiger partial charge in [0.05, 0.1) is 28.4 Å². The number of fused-ring (bicyclic) bond motifs is 1. The van der Waals surface area contributed by atoms with Crippen LogP contribution < -0.4 is 9.64 Å². The summed E-state index contributed by atoms with van der Waals surface area (Å²) in [7, 11) is 0. The number of anilines is 1. The van der Waals surface area contributed by atoms with E-state index in [9.17, 15) is 19.1 Å². The lowest BCUT2D eigenvalue weighted by Gasteiger charge is -2.23. The highest BCUT2D eigenvalue weighted by Crippen LogP contribution is 2.44. The van der Waals surface area contributed by atoms with Crippen molar-refractivity contribution in [3.8, 4) is 5.75 Å². The number of ketones is 1. The van der Waals surface area contributed by atoms with E-state index in [4.69, 9.17) is 4.74 Å². The molecule has 1 saturated heterocycles. The van der Waals surface area contributed by atoms with Gasteiger partial charge < -0.3 is 9.84 Å². The Hall–Kier alpha value is -4.04. The van der Waals surface area contributed by atoms with Gasteiger partial charge in [0.2, 0.25) is 0 Å². The van der Waals surface area contributed by atoms with Crippen LogP contribution in [0.2, 0.25) is 0 Å². The number of hydrogen-bond acceptors (Lipinski definition) is 6. The minimum atomic E-state index is -0.939. The van der Waals surface area contributed by atoms with Crippen LogP contribution >= 0.6 is 11.3 Å². The second kappa shape index (κ2) is 8.72. The number of benzene rings is 3. The summed E-state index contributed by atoms with van der Waals surface area (Å²) in [6.45, 7) is 2.30. The van der Waals surface area contributed by atoms with Crippen LogP contribution in [0.3, 0.4) is 0 Å². The maximum atomic E-state index is 13.8. The van der Waals surface area contributed by atoms with Crippen molar-refractivity contribution in [2.45, 2.75) is 13.0 Å². The Morgan fingerprint density at radius 1 is 1.09 bits per heavy atom. The van der Waals surface area contributed by atoms with E-state index in [0.29, 0.717) is 33.7 Å². The summed E-state index contributed by atoms with van der Waals surface area (Å²) in [5.41, 5.74) is 1.45. The molecule has 170 valence electrons. The first kappa shape index (κ1) is 21.8. The van der Waals surface area contributed by atoms with E-state index < -0.39 is 23.5 Å². The standard InChI is InChI=1S/C26H19FN2O4S/c1-2-33-18-10-6-9-16(13-18)22-21(23(30)15-7-4-3-5-8-15)24(31)25(32)29(22)26-28-19-12-11-17(27)14-20(19)34-26/h3-14,22,30H,2H2,1H3. The minimum absolute atomic E-state index is 0.0460. The zero-order valence-electron chi connectivity index (χ0n) is 18.1. The molecule has 34 heavy (non-hydrogen) atoms. The molecule has 0 aliphatic carbocycles. The first-order chi connectivity index (χ1) is 16.5. The van der Waals surface area contributed by atoms with Crippen LogP contribution in [0.25, 0.3) is 16.0 Å². The van der Waals surface area contributed by atoms with E-state index in [1.54, 1.807) is 54.6 Å². The highest BCUT2D eigenvalue weighted by Gasteiger charge is 2.48. The molecule has 8 heteroatoms. The van der Waals surface area contributed by atoms with E-state index in [0.717, 1.165) is 11.3 Å². The van der Waals surface area contributed by atoms with Gasteiger partial charge in [0.15, 0.2) is 5.13 Å². The number of amides is 1. The monoisotopic (exact) mass is 474 g/mol. The number of thiazole rings is 1. The Morgan fingerprint density at radius 2 is 1.88 bits per heavy atom. The second-order valence-electron chi connectivity index (χ2n) is 7.65. The summed E-state index contributed by atoms with van der Waals surface area (Å²) in [6, 6.07) is 18.8. The normalized spacial score (nSPS) is 17.5. The maximum absolute atomic E-state index is 13.8. The molecule has 2 heterocycles. The van der Waals surface area contributed by atoms with Crippen molar-refractivity contribution >= 4 is 44.1 Å². The molecule has 1 atom stereocenters. The van der Waals surface area contributed by atoms with Gasteiger partial charge in [-0.15, -0.1) is 0 Å². The van der Waals surface area contributed by atoms with Crippen molar-refractivity contribution in [1.82, 2.24) is 4.98 Å². The number of rotatable bonds is 5. The first-order valence-corrected chi connectivity index (χ1v) is 11.4. The lowest BCUT2D eigenvalue weighted by molar-refractivity contribution is -0.132. The predicted octanol–water partition coefficient (Wildman–Crippen LogP) is 5.46. The smallest absolute Gasteiger partial charge is 0.301 e. The summed E-state index contributed by atoms with van der Waals surface area (Å²) in [5.74, 6) is -1.77. The zero-order chi connectivity index (χ0) is 23.8. The van der Waals surface area contributed by atoms with Crippen molar-refractivity contribution in [3.05, 3.63) is 95.3 Å². The zero-order valence-corrected chi connectivity index (χ0v) is 18.9. The van der Waals surface area contributed by atoms with Crippen LogP contribution in [-0.2, 0) is 9.59 Å². The quantitative estimate of drug-likeness (QED) is 0.236. The van der Waals surface area contributed by atoms with Gasteiger partial charge in [-0.05, 0) is 42.8 Å². The molecule has 1 aliphatic rings. The van der Waals surface area contributed by atoms with Gasteiger partial charge in [-0.1, -0.05) is 53.8 Å². The highest BCUT2D eigenvalue weighted by atomic mass is 32.1. The Labute approximate surface area is 198 Å². The van der Waals surface area contributed by atoms with Crippen LogP contribution in [0.15, 0.2) is 78.4 Å². The highest BCUT2D eigenvalue weighted by molar-refractivity contribution is 7.22. The number of nitrogens with zero attached hydrogens (tertiary/aromatic N) is 2. The summed E-state index contributed by atoms with van der Waals surface area (Å²) >= 11 is 1.10. The maximum Gasteiger partial charge on any atom is 0.301 e. The molecule has 1 unspecified atom stereocenters. The second-order valence-corrected chi connectivity index (χ2v) is 8.66. The van der Waals surface area contributed by atoms with E-state index >= 15 is 0 Å². The fraction of sp³-hybridized carbons (Fsp3) is 0.115. The molecule has 1 N–H and O–H groups in total. The Bertz CT molecular complexity index is 1450. The third-order valence-electron chi connectivity index (χ3n) is 5.52. The van der Waals surface area contributed by atoms with Crippen LogP contribution in [0.1, 0.15) is 24.1 Å². The molecule has 5 rings (SSSR count). The molecular formula is C26H19FN2O4S. The van der Waals surface area contributed by atoms with Gasteiger partial charge in [-0.25, -0.2) is 9.37 Å². The van der Waals surface area contributed by atoms with Gasteiger partial charge in [-0.3, -0.25) is 14.5 Å². The molecule has 0 saturated carbocycles. The van der Waals surface area contributed by atoms with Crippen LogP contribution in [-0.4, -0.2) is 28.4 Å². The lowest BCUT2D eigenvalue weighted by atomic mass is 9.95. The molecule has 3 aromatic carbocycles. The van der Waals surface area contributed by atoms with Crippen molar-refractivity contribution in [3.63, 3.8) is 0 Å². The molecule has 4 aromatic rings. The predicted molar refractivity (Wildman–Crippen MR) is 128 cm³/mol. The summed E-state index contributed by atoms with van der Waals surface area (Å²) in [4.78, 5) is 32.3. The molecule has 6 nitrogen and oxygen atoms in total. The summed E-state index contributed by atoms with van der Waals surface area (Å²) in [5, 5.41) is 11.4. The number of aliphatic hydroxyl groups excluding tert-OH is 1. The van der Waals surface area contributed by atoms with Gasteiger partial charge in [0.1, 0.15) is 17.3 Å². The summed E-state index contributed by atoms with van der Waals surface area (Å²) < 4.78 is 19.9. The number of carbonyl (C=O) groups excluding carboxylic acids is 2. The number of carbonyl (C=O) groups is 2. The summed E-state index contributed by atoms with van der Waals surface area (Å²) in [6.07, 6.45) is 0. The van der Waals surface area contributed by atoms with Gasteiger partial charge in [0, 0.05) is 5.56 Å². The van der Waals surface area contributed by atoms with E-state index in [-0.39, 0.29) is 16.5 Å². The number of halogens is 1. The number of Topliss-reactive ketones (excluding diaryl/α,β-unsaturated/α-hetero) is 1. The number of hydrogen-bond donors (Lipinski definition) is 1. The SMILES string of the molecule is CCOc1cccc(C2C(=C(O)c3ccccc3)C(=O)C(=O)N2c2nc3ccc(F)cc3s2)c1. The van der Waals surface area contributed by atoms with Crippen molar-refractivity contribution in [2.24, 2.45) is 0 Å². The van der Waals surface area contributed by atoms with Crippen LogP contribution in [0.5, 0.6) is 5.75 Å². The Balaban J connectivity index is 1.73. The number of ether oxygens (including phenoxy) is 1. The topological polar surface area (TPSA) is 79.7 Å². The van der Waals surface area contributed by atoms with Crippen LogP contribution in [0.4, 0.5) is 9.52 Å². The molecule has 1 aromatic heterocycles. The van der Waals surface area contributed by atoms with E-state index in [2.05, 4.69) is 4.98 Å². The molecule has 1 aliphatic heterocycles. The average molecular weight is 475 g/mol. The molecule has 0 bridgehead atoms. The van der Waals surface area contributed by atoms with Crippen molar-refractivity contribution in [1.29, 1.82) is 0 Å². The lowest BCUT2D eigenvalue weighted by Crippen LogP contribution is -2.29. The molecule has 1 fully saturated rings. The van der Waals surface area contributed by atoms with Gasteiger partial charge in [-0.2, -0.15) is 0 Å². The molecular weight excluding hydrogens is 455 g/mol. The third-order valence-corrected chi connectivity index (χ3v) is 6.54. The fourth-order valence-corrected chi connectivity index (χ4v) is 5.04.